The van der Waals surface area contributed by atoms with Crippen molar-refractivity contribution in [2.45, 2.75) is 20.3 Å². The molecule has 0 aliphatic carbocycles. The summed E-state index contributed by atoms with van der Waals surface area (Å²) in [4.78, 5) is 24.1. The van der Waals surface area contributed by atoms with Gasteiger partial charge in [0.2, 0.25) is 5.91 Å². The minimum absolute atomic E-state index is 0.00416. The Morgan fingerprint density at radius 1 is 1.35 bits per heavy atom. The second-order valence-electron chi connectivity index (χ2n) is 4.19. The third kappa shape index (κ3) is 4.55. The van der Waals surface area contributed by atoms with Crippen molar-refractivity contribution in [1.82, 2.24) is 10.2 Å². The molecule has 0 atom stereocenters. The van der Waals surface area contributed by atoms with E-state index in [2.05, 4.69) is 5.32 Å². The van der Waals surface area contributed by atoms with Crippen LogP contribution in [-0.4, -0.2) is 36.7 Å². The second-order valence-corrected chi connectivity index (χ2v) is 4.19. The summed E-state index contributed by atoms with van der Waals surface area (Å²) < 4.78 is 5.51. The lowest BCUT2D eigenvalue weighted by molar-refractivity contribution is -0.125. The maximum absolute atomic E-state index is 11.8. The van der Waals surface area contributed by atoms with Crippen molar-refractivity contribution in [1.29, 1.82) is 0 Å². The summed E-state index contributed by atoms with van der Waals surface area (Å²) in [5.74, 6) is 0.380. The molecule has 1 aromatic rings. The van der Waals surface area contributed by atoms with Crippen molar-refractivity contribution in [3.8, 4) is 5.75 Å². The van der Waals surface area contributed by atoms with E-state index in [9.17, 15) is 9.59 Å². The number of carbonyl (C=O) groups is 2. The maximum atomic E-state index is 11.8. The highest BCUT2D eigenvalue weighted by molar-refractivity contribution is 5.93. The van der Waals surface area contributed by atoms with Gasteiger partial charge in [0.15, 0.2) is 6.73 Å². The number of benzene rings is 1. The Kier molecular flexibility index (Phi) is 6.52. The molecule has 0 saturated carbocycles. The van der Waals surface area contributed by atoms with Crippen molar-refractivity contribution in [2.75, 3.05) is 19.8 Å². The standard InChI is InChI=1S/C14H21N3O3/c1-3-12-6-4-5-7-13(12)20-10-16-14(19)17(9-8-15)11(2)18/h4-7H,3,8-10,15H2,1-2H3,(H,16,19). The van der Waals surface area contributed by atoms with Crippen LogP contribution in [0.2, 0.25) is 0 Å². The minimum atomic E-state index is -0.503. The first-order valence-corrected chi connectivity index (χ1v) is 6.56. The van der Waals surface area contributed by atoms with E-state index in [1.807, 2.05) is 31.2 Å². The Bertz CT molecular complexity index is 463. The van der Waals surface area contributed by atoms with E-state index in [1.54, 1.807) is 0 Å². The highest BCUT2D eigenvalue weighted by Crippen LogP contribution is 2.17. The molecule has 6 nitrogen and oxygen atoms in total. The lowest BCUT2D eigenvalue weighted by Gasteiger charge is -2.19. The topological polar surface area (TPSA) is 84.7 Å². The molecule has 0 aromatic heterocycles. The van der Waals surface area contributed by atoms with Gasteiger partial charge in [0, 0.05) is 20.0 Å². The molecule has 0 fully saturated rings. The molecule has 0 radical (unpaired) electrons. The summed E-state index contributed by atoms with van der Waals surface area (Å²) in [6.07, 6.45) is 0.844. The number of rotatable bonds is 6. The van der Waals surface area contributed by atoms with E-state index in [0.717, 1.165) is 22.6 Å². The van der Waals surface area contributed by atoms with Crippen LogP contribution in [-0.2, 0) is 11.2 Å². The van der Waals surface area contributed by atoms with E-state index < -0.39 is 6.03 Å². The Morgan fingerprint density at radius 3 is 2.65 bits per heavy atom. The Labute approximate surface area is 118 Å². The third-order valence-corrected chi connectivity index (χ3v) is 2.78. The minimum Gasteiger partial charge on any atom is -0.473 e. The van der Waals surface area contributed by atoms with Crippen LogP contribution in [0.4, 0.5) is 4.79 Å². The zero-order chi connectivity index (χ0) is 15.0. The Balaban J connectivity index is 2.50. The van der Waals surface area contributed by atoms with Crippen LogP contribution in [0.5, 0.6) is 5.75 Å². The van der Waals surface area contributed by atoms with Crippen LogP contribution in [0.15, 0.2) is 24.3 Å². The van der Waals surface area contributed by atoms with Gasteiger partial charge in [-0.05, 0) is 18.1 Å². The molecule has 1 aromatic carbocycles. The summed E-state index contributed by atoms with van der Waals surface area (Å²) in [5, 5.41) is 2.54. The number of nitrogens with two attached hydrogens (primary N) is 1. The summed E-state index contributed by atoms with van der Waals surface area (Å²) in [7, 11) is 0. The number of carbonyl (C=O) groups excluding carboxylic acids is 2. The van der Waals surface area contributed by atoms with Gasteiger partial charge in [0.05, 0.1) is 0 Å². The first-order chi connectivity index (χ1) is 9.60. The van der Waals surface area contributed by atoms with Gasteiger partial charge in [-0.2, -0.15) is 0 Å². The second kappa shape index (κ2) is 8.16. The quantitative estimate of drug-likeness (QED) is 0.764. The number of para-hydroxylation sites is 1. The monoisotopic (exact) mass is 279 g/mol. The van der Waals surface area contributed by atoms with Crippen molar-refractivity contribution >= 4 is 11.9 Å². The number of aryl methyl sites for hydroxylation is 1. The van der Waals surface area contributed by atoms with Gasteiger partial charge in [0.25, 0.3) is 0 Å². The Hall–Kier alpha value is -2.08. The van der Waals surface area contributed by atoms with E-state index in [-0.39, 0.29) is 25.7 Å². The molecule has 6 heteroatoms. The van der Waals surface area contributed by atoms with Gasteiger partial charge in [-0.1, -0.05) is 25.1 Å². The van der Waals surface area contributed by atoms with E-state index >= 15 is 0 Å². The van der Waals surface area contributed by atoms with E-state index in [1.165, 1.54) is 6.92 Å². The molecule has 0 aliphatic rings. The van der Waals surface area contributed by atoms with Crippen LogP contribution >= 0.6 is 0 Å². The molecule has 0 bridgehead atoms. The number of hydrogen-bond donors (Lipinski definition) is 2. The molecule has 0 aliphatic heterocycles. The van der Waals surface area contributed by atoms with Crippen LogP contribution < -0.4 is 15.8 Å². The van der Waals surface area contributed by atoms with Gasteiger partial charge < -0.3 is 15.8 Å². The molecule has 0 spiro atoms. The van der Waals surface area contributed by atoms with Crippen molar-refractivity contribution in [3.63, 3.8) is 0 Å². The summed E-state index contributed by atoms with van der Waals surface area (Å²) in [5.41, 5.74) is 6.42. The molecule has 0 saturated heterocycles. The fraction of sp³-hybridized carbons (Fsp3) is 0.429. The normalized spacial score (nSPS) is 9.95. The molecular formula is C14H21N3O3. The molecular weight excluding hydrogens is 258 g/mol. The number of amides is 3. The molecule has 20 heavy (non-hydrogen) atoms. The molecule has 3 N–H and O–H groups in total. The average Bonchev–Trinajstić information content (AvgIpc) is 2.44. The highest BCUT2D eigenvalue weighted by Gasteiger charge is 2.16. The number of nitrogens with zero attached hydrogens (tertiary/aromatic N) is 1. The first kappa shape index (κ1) is 16.0. The molecule has 1 rings (SSSR count). The fourth-order valence-corrected chi connectivity index (χ4v) is 1.74. The Morgan fingerprint density at radius 2 is 2.05 bits per heavy atom. The van der Waals surface area contributed by atoms with Crippen molar-refractivity contribution in [3.05, 3.63) is 29.8 Å². The molecule has 3 amide bonds. The predicted octanol–water partition coefficient (Wildman–Crippen LogP) is 1.10. The third-order valence-electron chi connectivity index (χ3n) is 2.78. The molecule has 0 unspecified atom stereocenters. The lowest BCUT2D eigenvalue weighted by Crippen LogP contribution is -2.46. The van der Waals surface area contributed by atoms with Crippen LogP contribution in [0.1, 0.15) is 19.4 Å². The van der Waals surface area contributed by atoms with Gasteiger partial charge in [-0.25, -0.2) is 4.79 Å². The van der Waals surface area contributed by atoms with Crippen molar-refractivity contribution < 1.29 is 14.3 Å². The van der Waals surface area contributed by atoms with Gasteiger partial charge >= 0.3 is 6.03 Å². The first-order valence-electron chi connectivity index (χ1n) is 6.56. The lowest BCUT2D eigenvalue weighted by atomic mass is 10.1. The van der Waals surface area contributed by atoms with Gasteiger partial charge in [-0.15, -0.1) is 0 Å². The van der Waals surface area contributed by atoms with Crippen LogP contribution in [0.25, 0.3) is 0 Å². The number of urea groups is 1. The SMILES string of the molecule is CCc1ccccc1OCNC(=O)N(CCN)C(C)=O. The summed E-state index contributed by atoms with van der Waals surface area (Å²) in [6.45, 7) is 3.77. The smallest absolute Gasteiger partial charge is 0.326 e. The van der Waals surface area contributed by atoms with Gasteiger partial charge in [0.1, 0.15) is 5.75 Å². The van der Waals surface area contributed by atoms with Crippen molar-refractivity contribution in [2.24, 2.45) is 5.73 Å². The van der Waals surface area contributed by atoms with E-state index in [0.29, 0.717) is 0 Å². The zero-order valence-electron chi connectivity index (χ0n) is 11.9. The highest BCUT2D eigenvalue weighted by atomic mass is 16.5. The van der Waals surface area contributed by atoms with E-state index in [4.69, 9.17) is 10.5 Å². The summed E-state index contributed by atoms with van der Waals surface area (Å²) >= 11 is 0. The van der Waals surface area contributed by atoms with Crippen LogP contribution in [0, 0.1) is 0 Å². The average molecular weight is 279 g/mol. The summed E-state index contributed by atoms with van der Waals surface area (Å²) in [6, 6.07) is 7.10. The zero-order valence-corrected chi connectivity index (χ0v) is 11.9. The largest absolute Gasteiger partial charge is 0.473 e. The maximum Gasteiger partial charge on any atom is 0.326 e. The van der Waals surface area contributed by atoms with Gasteiger partial charge in [-0.3, -0.25) is 9.69 Å². The number of imide groups is 1. The number of ether oxygens (including phenoxy) is 1. The number of hydrogen-bond acceptors (Lipinski definition) is 4. The predicted molar refractivity (Wildman–Crippen MR) is 76.3 cm³/mol. The number of nitrogens with one attached hydrogen (secondary N) is 1. The molecule has 0 heterocycles. The fourth-order valence-electron chi connectivity index (χ4n) is 1.74. The molecule has 110 valence electrons. The van der Waals surface area contributed by atoms with Crippen LogP contribution in [0.3, 0.4) is 0 Å².